The van der Waals surface area contributed by atoms with Crippen molar-refractivity contribution < 1.29 is 9.53 Å². The molecule has 0 fully saturated rings. The van der Waals surface area contributed by atoms with Crippen LogP contribution < -0.4 is 10.1 Å². The summed E-state index contributed by atoms with van der Waals surface area (Å²) in [6.07, 6.45) is 1.60. The number of nitrogens with zero attached hydrogens (tertiary/aromatic N) is 3. The number of hydrogen-bond donors (Lipinski definition) is 1. The largest absolute Gasteiger partial charge is 0.497 e. The molecule has 1 N–H and O–H groups in total. The summed E-state index contributed by atoms with van der Waals surface area (Å²) in [7, 11) is 1.59. The van der Waals surface area contributed by atoms with E-state index in [1.54, 1.807) is 13.3 Å². The Labute approximate surface area is 109 Å². The number of rotatable bonds is 4. The maximum absolute atomic E-state index is 11.1. The van der Waals surface area contributed by atoms with Gasteiger partial charge in [-0.1, -0.05) is 11.3 Å². The van der Waals surface area contributed by atoms with E-state index >= 15 is 0 Å². The minimum atomic E-state index is -0.325. The minimum Gasteiger partial charge on any atom is -0.497 e. The fraction of sp³-hybridized carbons (Fsp3) is 0.182. The third kappa shape index (κ3) is 2.78. The molecule has 0 atom stereocenters. The number of nitrogens with one attached hydrogen (secondary N) is 1. The van der Waals surface area contributed by atoms with Crippen molar-refractivity contribution in [2.45, 2.75) is 0 Å². The number of alkyl halides is 1. The molecule has 7 heteroatoms. The van der Waals surface area contributed by atoms with Gasteiger partial charge in [-0.25, -0.2) is 4.68 Å². The van der Waals surface area contributed by atoms with Crippen LogP contribution in [-0.4, -0.2) is 33.9 Å². The molecule has 1 aromatic heterocycles. The van der Waals surface area contributed by atoms with E-state index in [2.05, 4.69) is 15.6 Å². The molecule has 0 saturated heterocycles. The summed E-state index contributed by atoms with van der Waals surface area (Å²) in [5.74, 6) is 0.624. The number of benzene rings is 1. The Bertz CT molecular complexity index is 555. The van der Waals surface area contributed by atoms with Crippen LogP contribution in [0.15, 0.2) is 30.5 Å². The molecular weight excluding hydrogens is 256 g/mol. The molecule has 0 aliphatic rings. The zero-order valence-electron chi connectivity index (χ0n) is 9.63. The average Bonchev–Trinajstić information content (AvgIpc) is 2.87. The maximum Gasteiger partial charge on any atom is 0.240 e. The van der Waals surface area contributed by atoms with Crippen molar-refractivity contribution in [3.8, 4) is 11.4 Å². The third-order valence-electron chi connectivity index (χ3n) is 2.20. The fourth-order valence-electron chi connectivity index (χ4n) is 1.38. The summed E-state index contributed by atoms with van der Waals surface area (Å²) in [5.41, 5.74) is 0.785. The molecule has 6 nitrogen and oxygen atoms in total. The van der Waals surface area contributed by atoms with Crippen LogP contribution in [0.1, 0.15) is 0 Å². The Hall–Kier alpha value is -2.08. The molecule has 0 saturated carbocycles. The van der Waals surface area contributed by atoms with Gasteiger partial charge >= 0.3 is 0 Å². The summed E-state index contributed by atoms with van der Waals surface area (Å²) in [6.45, 7) is 0. The maximum atomic E-state index is 11.1. The Kier molecular flexibility index (Phi) is 3.78. The van der Waals surface area contributed by atoms with Crippen LogP contribution in [0.5, 0.6) is 5.75 Å². The summed E-state index contributed by atoms with van der Waals surface area (Å²) >= 11 is 5.38. The zero-order valence-corrected chi connectivity index (χ0v) is 10.4. The molecule has 94 valence electrons. The quantitative estimate of drug-likeness (QED) is 0.851. The van der Waals surface area contributed by atoms with Crippen molar-refractivity contribution in [2.24, 2.45) is 0 Å². The van der Waals surface area contributed by atoms with E-state index in [-0.39, 0.29) is 11.8 Å². The van der Waals surface area contributed by atoms with E-state index in [1.807, 2.05) is 24.3 Å². The van der Waals surface area contributed by atoms with Crippen LogP contribution in [0.3, 0.4) is 0 Å². The van der Waals surface area contributed by atoms with Gasteiger partial charge in [-0.15, -0.1) is 16.7 Å². The van der Waals surface area contributed by atoms with Gasteiger partial charge < -0.3 is 10.1 Å². The van der Waals surface area contributed by atoms with E-state index in [0.29, 0.717) is 11.6 Å². The van der Waals surface area contributed by atoms with Gasteiger partial charge in [0.15, 0.2) is 5.82 Å². The van der Waals surface area contributed by atoms with E-state index in [1.165, 1.54) is 4.68 Å². The highest BCUT2D eigenvalue weighted by Gasteiger charge is 2.06. The number of halogens is 1. The van der Waals surface area contributed by atoms with Crippen molar-refractivity contribution in [2.75, 3.05) is 18.3 Å². The Morgan fingerprint density at radius 3 is 3.11 bits per heavy atom. The van der Waals surface area contributed by atoms with Crippen molar-refractivity contribution in [1.82, 2.24) is 15.0 Å². The summed E-state index contributed by atoms with van der Waals surface area (Å²) in [6, 6.07) is 7.33. The first kappa shape index (κ1) is 12.4. The van der Waals surface area contributed by atoms with Crippen LogP contribution >= 0.6 is 11.6 Å². The van der Waals surface area contributed by atoms with Gasteiger partial charge in [-0.05, 0) is 12.1 Å². The smallest absolute Gasteiger partial charge is 0.240 e. The van der Waals surface area contributed by atoms with Crippen molar-refractivity contribution in [3.05, 3.63) is 30.5 Å². The van der Waals surface area contributed by atoms with Gasteiger partial charge in [0.1, 0.15) is 11.6 Å². The predicted molar refractivity (Wildman–Crippen MR) is 67.3 cm³/mol. The zero-order chi connectivity index (χ0) is 13.0. The number of carbonyl (C=O) groups excluding carboxylic acids is 1. The van der Waals surface area contributed by atoms with Crippen LogP contribution in [-0.2, 0) is 4.79 Å². The molecule has 2 aromatic rings. The molecular formula is C11H11ClN4O2. The highest BCUT2D eigenvalue weighted by Crippen LogP contribution is 2.16. The summed E-state index contributed by atoms with van der Waals surface area (Å²) in [5, 5.41) is 10.2. The molecule has 1 aromatic carbocycles. The molecule has 2 rings (SSSR count). The topological polar surface area (TPSA) is 69.0 Å². The lowest BCUT2D eigenvalue weighted by atomic mass is 10.3. The second-order valence-electron chi connectivity index (χ2n) is 3.43. The van der Waals surface area contributed by atoms with Crippen LogP contribution in [0.4, 0.5) is 5.82 Å². The standard InChI is InChI=1S/C11H11ClN4O2/c1-18-9-4-2-3-8(5-9)16-7-10(14-15-16)13-11(17)6-12/h2-5,7H,6H2,1H3,(H,13,17). The first-order valence-electron chi connectivity index (χ1n) is 5.15. The van der Waals surface area contributed by atoms with Crippen molar-refractivity contribution in [3.63, 3.8) is 0 Å². The lowest BCUT2D eigenvalue weighted by Crippen LogP contribution is -2.12. The van der Waals surface area contributed by atoms with Gasteiger partial charge in [0.25, 0.3) is 0 Å². The van der Waals surface area contributed by atoms with Gasteiger partial charge in [0, 0.05) is 6.07 Å². The SMILES string of the molecule is COc1cccc(-n2cc(NC(=O)CCl)nn2)c1. The van der Waals surface area contributed by atoms with E-state index < -0.39 is 0 Å². The monoisotopic (exact) mass is 266 g/mol. The Morgan fingerprint density at radius 1 is 1.56 bits per heavy atom. The van der Waals surface area contributed by atoms with Gasteiger partial charge in [0.2, 0.25) is 5.91 Å². The first-order chi connectivity index (χ1) is 8.72. The number of amides is 1. The molecule has 0 unspecified atom stereocenters. The van der Waals surface area contributed by atoms with Crippen molar-refractivity contribution in [1.29, 1.82) is 0 Å². The number of ether oxygens (including phenoxy) is 1. The average molecular weight is 267 g/mol. The summed E-state index contributed by atoms with van der Waals surface area (Å²) < 4.78 is 6.65. The highest BCUT2D eigenvalue weighted by atomic mass is 35.5. The van der Waals surface area contributed by atoms with Crippen molar-refractivity contribution >= 4 is 23.3 Å². The fourth-order valence-corrected chi connectivity index (χ4v) is 1.44. The third-order valence-corrected chi connectivity index (χ3v) is 2.44. The minimum absolute atomic E-state index is 0.119. The first-order valence-corrected chi connectivity index (χ1v) is 5.69. The molecule has 0 radical (unpaired) electrons. The number of aromatic nitrogens is 3. The van der Waals surface area contributed by atoms with Gasteiger partial charge in [-0.2, -0.15) is 0 Å². The van der Waals surface area contributed by atoms with E-state index in [4.69, 9.17) is 16.3 Å². The van der Waals surface area contributed by atoms with Crippen LogP contribution in [0.25, 0.3) is 5.69 Å². The lowest BCUT2D eigenvalue weighted by molar-refractivity contribution is -0.113. The lowest BCUT2D eigenvalue weighted by Gasteiger charge is -2.02. The van der Waals surface area contributed by atoms with E-state index in [0.717, 1.165) is 5.69 Å². The Morgan fingerprint density at radius 2 is 2.39 bits per heavy atom. The Balaban J connectivity index is 2.20. The second-order valence-corrected chi connectivity index (χ2v) is 3.70. The molecule has 0 aliphatic carbocycles. The number of anilines is 1. The molecule has 0 bridgehead atoms. The van der Waals surface area contributed by atoms with Gasteiger partial charge in [-0.3, -0.25) is 4.79 Å². The molecule has 18 heavy (non-hydrogen) atoms. The number of hydrogen-bond acceptors (Lipinski definition) is 4. The highest BCUT2D eigenvalue weighted by molar-refractivity contribution is 6.28. The number of carbonyl (C=O) groups is 1. The molecule has 1 heterocycles. The number of methoxy groups -OCH3 is 1. The molecule has 0 spiro atoms. The van der Waals surface area contributed by atoms with Gasteiger partial charge in [0.05, 0.1) is 19.0 Å². The van der Waals surface area contributed by atoms with E-state index in [9.17, 15) is 4.79 Å². The normalized spacial score (nSPS) is 10.1. The molecule has 1 amide bonds. The second kappa shape index (κ2) is 5.50. The summed E-state index contributed by atoms with van der Waals surface area (Å²) in [4.78, 5) is 11.1. The predicted octanol–water partition coefficient (Wildman–Crippen LogP) is 1.45. The van der Waals surface area contributed by atoms with Crippen LogP contribution in [0, 0.1) is 0 Å². The molecule has 0 aliphatic heterocycles. The van der Waals surface area contributed by atoms with Crippen LogP contribution in [0.2, 0.25) is 0 Å².